The van der Waals surface area contributed by atoms with Crippen molar-refractivity contribution in [2.75, 3.05) is 0 Å². The van der Waals surface area contributed by atoms with Crippen LogP contribution in [0.3, 0.4) is 0 Å². The third kappa shape index (κ3) is 173. The molecule has 3 nitrogen and oxygen atoms in total. The Balaban J connectivity index is -0.0000000451. The monoisotopic (exact) mass is 771 g/mol. The molecule has 5 heteroatoms. The smallest absolute Gasteiger partial charge is 4.00 e. The molecule has 0 aliphatic carbocycles. The fourth-order valence-electron chi connectivity index (χ4n) is 2.79. The molecular formula is C44H98O3Ti2. The van der Waals surface area contributed by atoms with Gasteiger partial charge in [0, 0.05) is 12.2 Å². The number of unbranched alkanes of at least 4 members (excludes halogenated alkanes) is 4. The fraction of sp³-hybridized carbons (Fsp3) is 0.864. The summed E-state index contributed by atoms with van der Waals surface area (Å²) in [4.78, 5) is 0. The average molecular weight is 771 g/mol. The van der Waals surface area contributed by atoms with Crippen molar-refractivity contribution in [1.29, 1.82) is 0 Å². The zero-order valence-corrected chi connectivity index (χ0v) is 40.2. The number of rotatable bonds is 16. The number of aliphatic hydroxyl groups is 2. The maximum Gasteiger partial charge on any atom is 4.00 e. The third-order valence-corrected chi connectivity index (χ3v) is 6.17. The quantitative estimate of drug-likeness (QED) is 0.121. The molecule has 0 heterocycles. The first kappa shape index (κ1) is 75.2. The zero-order valence-electron chi connectivity index (χ0n) is 37.1. The first-order valence-corrected chi connectivity index (χ1v) is 20.5. The van der Waals surface area contributed by atoms with Gasteiger partial charge in [-0.05, 0) is 27.7 Å². The van der Waals surface area contributed by atoms with Gasteiger partial charge in [-0.15, -0.1) is 0 Å². The molecule has 0 aliphatic rings. The van der Waals surface area contributed by atoms with Crippen LogP contribution in [0.5, 0.6) is 0 Å². The van der Waals surface area contributed by atoms with Crippen molar-refractivity contribution >= 4 is 0 Å². The van der Waals surface area contributed by atoms with Gasteiger partial charge >= 0.3 is 45.4 Å². The van der Waals surface area contributed by atoms with Crippen LogP contribution >= 0.6 is 0 Å². The molecule has 0 aliphatic heterocycles. The van der Waals surface area contributed by atoms with Gasteiger partial charge in [-0.2, -0.15) is 51.4 Å². The van der Waals surface area contributed by atoms with E-state index in [4.69, 9.17) is 13.5 Å². The molecule has 0 saturated carbocycles. The van der Waals surface area contributed by atoms with Gasteiger partial charge in [-0.1, -0.05) is 158 Å². The van der Waals surface area contributed by atoms with Crippen molar-refractivity contribution < 1.29 is 55.7 Å². The summed E-state index contributed by atoms with van der Waals surface area (Å²) in [7, 11) is 0. The van der Waals surface area contributed by atoms with Gasteiger partial charge < -0.3 is 50.7 Å². The normalized spacial score (nSPS) is 11.4. The number of hydrogen-bond acceptors (Lipinski definition) is 3. The largest absolute Gasteiger partial charge is 4.00 e. The third-order valence-electron chi connectivity index (χ3n) is 6.17. The molecule has 0 aromatic carbocycles. The molecule has 0 fully saturated rings. The van der Waals surface area contributed by atoms with Crippen LogP contribution in [0, 0.1) is 64.2 Å². The van der Waals surface area contributed by atoms with Crippen LogP contribution in [0.1, 0.15) is 214 Å². The summed E-state index contributed by atoms with van der Waals surface area (Å²) in [5.74, 6) is 2.81. The molecule has 0 bridgehead atoms. The second-order valence-electron chi connectivity index (χ2n) is 13.0. The van der Waals surface area contributed by atoms with E-state index in [-0.39, 0.29) is 33.9 Å². The van der Waals surface area contributed by atoms with Crippen LogP contribution in [0.2, 0.25) is 0 Å². The summed E-state index contributed by atoms with van der Waals surface area (Å²) < 4.78 is 8.25. The minimum Gasteiger partial charge on any atom is 4.00 e. The van der Waals surface area contributed by atoms with Gasteiger partial charge in [-0.3, -0.25) is 0 Å². The van der Waals surface area contributed by atoms with Crippen molar-refractivity contribution in [3.8, 4) is 0 Å². The molecule has 4 unspecified atom stereocenters. The zero-order chi connectivity index (χ0) is 40.2. The molecule has 49 heavy (non-hydrogen) atoms. The van der Waals surface area contributed by atoms with Gasteiger partial charge in [0.25, 0.3) is 0 Å². The minimum absolute atomic E-state index is 0. The summed E-state index contributed by atoms with van der Waals surface area (Å²) in [6.45, 7) is 48.6. The van der Waals surface area contributed by atoms with Crippen molar-refractivity contribution in [1.82, 2.24) is 0 Å². The van der Waals surface area contributed by atoms with Gasteiger partial charge in [0.2, 0.25) is 0 Å². The Hall–Kier alpha value is 1.15. The predicted octanol–water partition coefficient (Wildman–Crippen LogP) is 15.3. The van der Waals surface area contributed by atoms with Crippen LogP contribution in [-0.4, -0.2) is 22.4 Å². The van der Waals surface area contributed by atoms with Gasteiger partial charge in [0.15, 0.2) is 0 Å². The summed E-state index contributed by atoms with van der Waals surface area (Å²) in [5.41, 5.74) is 0. The van der Waals surface area contributed by atoms with Gasteiger partial charge in [0.1, 0.15) is 0 Å². The number of hydrogen-bond donors (Lipinski definition) is 2. The second kappa shape index (κ2) is 82.6. The molecule has 2 N–H and O–H groups in total. The molecular weight excluding hydrogens is 672 g/mol. The van der Waals surface area contributed by atoms with Gasteiger partial charge in [0.05, 0.1) is 0 Å². The maximum atomic E-state index is 8.25. The molecule has 0 aromatic rings. The molecule has 0 saturated heterocycles. The number of aliphatic hydroxyl groups excluding tert-OH is 2. The second-order valence-corrected chi connectivity index (χ2v) is 13.0. The Kier molecular flexibility index (Phi) is 127. The van der Waals surface area contributed by atoms with Crippen molar-refractivity contribution in [2.45, 2.75) is 226 Å². The SMILES string of the molecule is CC(C)O.CC(C)O.C[CH-]C.C[CH-]C.[CH2-]C(CC)CCCC.[CH2-]C(CC)CCCC.[CH2-]C(CC)CCCC.[CH2-]C(CC)CCCC.[O]=[Ti+2].[Ti+4]. The molecule has 0 spiro atoms. The summed E-state index contributed by atoms with van der Waals surface area (Å²) in [5, 5.41) is 16.1. The van der Waals surface area contributed by atoms with E-state index < -0.39 is 0 Å². The van der Waals surface area contributed by atoms with Crippen molar-refractivity contribution in [3.63, 3.8) is 0 Å². The van der Waals surface area contributed by atoms with E-state index in [0.29, 0.717) is 23.7 Å². The Labute approximate surface area is 343 Å². The van der Waals surface area contributed by atoms with Crippen molar-refractivity contribution in [2.24, 2.45) is 23.7 Å². The van der Waals surface area contributed by atoms with Crippen LogP contribution in [0.15, 0.2) is 0 Å². The van der Waals surface area contributed by atoms with Crippen LogP contribution in [-0.2, 0) is 45.4 Å². The Morgan fingerprint density at radius 1 is 0.449 bits per heavy atom. The van der Waals surface area contributed by atoms with E-state index in [2.05, 4.69) is 83.1 Å². The fourth-order valence-corrected chi connectivity index (χ4v) is 2.79. The Morgan fingerprint density at radius 3 is 0.612 bits per heavy atom. The molecule has 0 amide bonds. The first-order valence-electron chi connectivity index (χ1n) is 19.9. The molecule has 4 atom stereocenters. The van der Waals surface area contributed by atoms with E-state index >= 15 is 0 Å². The van der Waals surface area contributed by atoms with Crippen LogP contribution in [0.25, 0.3) is 0 Å². The van der Waals surface area contributed by atoms with E-state index in [1.165, 1.54) is 103 Å². The van der Waals surface area contributed by atoms with E-state index in [1.807, 2.05) is 40.5 Å². The van der Waals surface area contributed by atoms with Crippen LogP contribution < -0.4 is 0 Å². The minimum atomic E-state index is -0.167. The molecule has 0 rings (SSSR count). The Morgan fingerprint density at radius 2 is 0.551 bits per heavy atom. The van der Waals surface area contributed by atoms with Gasteiger partial charge in [-0.25, -0.2) is 0 Å². The molecule has 0 aromatic heterocycles. The standard InChI is InChI=1S/4C8H17.2C3H8O.2C3H7.O.2Ti/c4*1-4-6-7-8(3)5-2;2*1-3(2)4;2*1-3-2;;;/h4*8H,3-7H2,1-2H3;2*3-4H,1-2H3;2*3H,1-2H3;;;/q4*-1;;;2*-1;;+2;+4. The molecule has 0 radical (unpaired) electrons. The first-order chi connectivity index (χ1) is 22.5. The maximum absolute atomic E-state index is 8.25. The predicted molar refractivity (Wildman–Crippen MR) is 221 cm³/mol. The van der Waals surface area contributed by atoms with Crippen LogP contribution in [0.4, 0.5) is 0 Å². The summed E-state index contributed by atoms with van der Waals surface area (Å²) in [6, 6.07) is 0. The van der Waals surface area contributed by atoms with E-state index in [0.717, 1.165) is 20.4 Å². The topological polar surface area (TPSA) is 57.5 Å². The average Bonchev–Trinajstić information content (AvgIpc) is 3.05. The summed E-state index contributed by atoms with van der Waals surface area (Å²) >= 11 is 0.750. The van der Waals surface area contributed by atoms with E-state index in [9.17, 15) is 0 Å². The van der Waals surface area contributed by atoms with E-state index in [1.54, 1.807) is 27.7 Å². The Bertz CT molecular complexity index is 340. The van der Waals surface area contributed by atoms with Crippen molar-refractivity contribution in [3.05, 3.63) is 40.5 Å². The summed E-state index contributed by atoms with van der Waals surface area (Å²) in [6.07, 6.45) is 24.5. The molecule has 300 valence electrons.